The fourth-order valence-corrected chi connectivity index (χ4v) is 2.61. The van der Waals surface area contributed by atoms with Crippen LogP contribution in [0, 0.1) is 0 Å². The maximum Gasteiger partial charge on any atom is 0.324 e. The number of nitrogens with zero attached hydrogens (tertiary/aromatic N) is 2. The highest BCUT2D eigenvalue weighted by atomic mass is 16.4. The molecule has 1 aliphatic heterocycles. The molecule has 0 aromatic rings. The van der Waals surface area contributed by atoms with E-state index >= 15 is 0 Å². The Bertz CT molecular complexity index is 306. The van der Waals surface area contributed by atoms with Gasteiger partial charge in [-0.3, -0.25) is 14.6 Å². The summed E-state index contributed by atoms with van der Waals surface area (Å²) < 4.78 is 0. The number of carboxylic acids is 1. The lowest BCUT2D eigenvalue weighted by Gasteiger charge is -2.44. The first-order valence-corrected chi connectivity index (χ1v) is 7.15. The lowest BCUT2D eigenvalue weighted by atomic mass is 10.0. The second-order valence-electron chi connectivity index (χ2n) is 6.60. The summed E-state index contributed by atoms with van der Waals surface area (Å²) in [6, 6.07) is 0. The molecule has 1 rings (SSSR count). The van der Waals surface area contributed by atoms with Crippen molar-refractivity contribution in [2.45, 2.75) is 45.7 Å². The molecule has 1 heterocycles. The van der Waals surface area contributed by atoms with Gasteiger partial charge in [0.05, 0.1) is 0 Å². The number of aliphatic carboxylic acids is 1. The number of likely N-dealkylation sites (N-methyl/N-ethyl adjacent to an activating group) is 1. The molecule has 0 aromatic carbocycles. The van der Waals surface area contributed by atoms with Gasteiger partial charge >= 0.3 is 5.97 Å². The zero-order valence-corrected chi connectivity index (χ0v) is 13.0. The second kappa shape index (κ2) is 6.20. The van der Waals surface area contributed by atoms with Crippen molar-refractivity contribution in [1.82, 2.24) is 15.1 Å². The van der Waals surface area contributed by atoms with Crippen molar-refractivity contribution in [2.24, 2.45) is 0 Å². The Hall–Kier alpha value is -0.650. The largest absolute Gasteiger partial charge is 0.480 e. The minimum absolute atomic E-state index is 0.198. The summed E-state index contributed by atoms with van der Waals surface area (Å²) >= 11 is 0. The zero-order chi connectivity index (χ0) is 14.7. The summed E-state index contributed by atoms with van der Waals surface area (Å²) in [5.41, 5.74) is -0.650. The van der Waals surface area contributed by atoms with E-state index in [0.29, 0.717) is 13.1 Å². The highest BCUT2D eigenvalue weighted by molar-refractivity contribution is 5.78. The number of carbonyl (C=O) groups is 1. The van der Waals surface area contributed by atoms with Gasteiger partial charge < -0.3 is 10.4 Å². The monoisotopic (exact) mass is 271 g/mol. The fourth-order valence-electron chi connectivity index (χ4n) is 2.61. The summed E-state index contributed by atoms with van der Waals surface area (Å²) in [4.78, 5) is 16.1. The highest BCUT2D eigenvalue weighted by Gasteiger charge is 2.36. The molecule has 0 amide bonds. The van der Waals surface area contributed by atoms with Crippen molar-refractivity contribution < 1.29 is 9.90 Å². The van der Waals surface area contributed by atoms with Crippen LogP contribution in [-0.4, -0.2) is 71.2 Å². The van der Waals surface area contributed by atoms with Gasteiger partial charge in [-0.1, -0.05) is 6.92 Å². The average molecular weight is 271 g/mol. The molecule has 19 heavy (non-hydrogen) atoms. The van der Waals surface area contributed by atoms with E-state index in [2.05, 4.69) is 35.9 Å². The van der Waals surface area contributed by atoms with E-state index in [9.17, 15) is 9.90 Å². The van der Waals surface area contributed by atoms with Crippen LogP contribution in [0.5, 0.6) is 0 Å². The number of hydrogen-bond acceptors (Lipinski definition) is 4. The molecule has 2 N–H and O–H groups in total. The van der Waals surface area contributed by atoms with Gasteiger partial charge in [0.25, 0.3) is 0 Å². The molecule has 5 nitrogen and oxygen atoms in total. The van der Waals surface area contributed by atoms with Crippen LogP contribution in [0.4, 0.5) is 0 Å². The molecule has 1 atom stereocenters. The SMILES string of the molecule is CCNC(C)(CN1CCN(C(C)(C)C)CC1)C(=O)O. The van der Waals surface area contributed by atoms with Gasteiger partial charge in [0, 0.05) is 38.3 Å². The summed E-state index contributed by atoms with van der Waals surface area (Å²) in [7, 11) is 0. The lowest BCUT2D eigenvalue weighted by molar-refractivity contribution is -0.145. The third kappa shape index (κ3) is 4.44. The zero-order valence-electron chi connectivity index (χ0n) is 13.0. The highest BCUT2D eigenvalue weighted by Crippen LogP contribution is 2.17. The van der Waals surface area contributed by atoms with E-state index in [1.54, 1.807) is 6.92 Å². The van der Waals surface area contributed by atoms with Crippen molar-refractivity contribution in [3.8, 4) is 0 Å². The topological polar surface area (TPSA) is 55.8 Å². The standard InChI is InChI=1S/C14H29N3O2/c1-6-15-14(5,12(18)19)11-16-7-9-17(10-8-16)13(2,3)4/h15H,6-11H2,1-5H3,(H,18,19). The molecule has 0 spiro atoms. The molecule has 1 unspecified atom stereocenters. The smallest absolute Gasteiger partial charge is 0.324 e. The number of rotatable bonds is 5. The Morgan fingerprint density at radius 1 is 1.16 bits per heavy atom. The van der Waals surface area contributed by atoms with Crippen LogP contribution < -0.4 is 5.32 Å². The molecular formula is C14H29N3O2. The van der Waals surface area contributed by atoms with Gasteiger partial charge in [0.2, 0.25) is 0 Å². The van der Waals surface area contributed by atoms with Gasteiger partial charge in [0.1, 0.15) is 5.54 Å². The Balaban J connectivity index is 2.54. The van der Waals surface area contributed by atoms with Gasteiger partial charge in [-0.05, 0) is 34.2 Å². The molecule has 112 valence electrons. The van der Waals surface area contributed by atoms with Crippen LogP contribution >= 0.6 is 0 Å². The minimum Gasteiger partial charge on any atom is -0.480 e. The van der Waals surface area contributed by atoms with Crippen LogP contribution in [-0.2, 0) is 4.79 Å². The average Bonchev–Trinajstić information content (AvgIpc) is 2.28. The van der Waals surface area contributed by atoms with E-state index in [4.69, 9.17) is 0 Å². The van der Waals surface area contributed by atoms with E-state index < -0.39 is 11.5 Å². The molecule has 1 aliphatic rings. The van der Waals surface area contributed by atoms with E-state index in [1.807, 2.05) is 6.92 Å². The van der Waals surface area contributed by atoms with E-state index in [-0.39, 0.29) is 5.54 Å². The summed E-state index contributed by atoms with van der Waals surface area (Å²) in [6.45, 7) is 15.5. The normalized spacial score (nSPS) is 22.2. The number of carboxylic acid groups (broad SMARTS) is 1. The van der Waals surface area contributed by atoms with Crippen LogP contribution in [0.25, 0.3) is 0 Å². The lowest BCUT2D eigenvalue weighted by Crippen LogP contribution is -2.61. The maximum atomic E-state index is 11.4. The minimum atomic E-state index is -0.849. The number of piperazine rings is 1. The van der Waals surface area contributed by atoms with Crippen molar-refractivity contribution in [3.05, 3.63) is 0 Å². The Morgan fingerprint density at radius 3 is 2.05 bits per heavy atom. The Labute approximate surface area is 117 Å². The first-order valence-electron chi connectivity index (χ1n) is 7.15. The molecule has 1 saturated heterocycles. The number of nitrogens with one attached hydrogen (secondary N) is 1. The van der Waals surface area contributed by atoms with Crippen molar-refractivity contribution >= 4 is 5.97 Å². The van der Waals surface area contributed by atoms with E-state index in [0.717, 1.165) is 26.2 Å². The van der Waals surface area contributed by atoms with E-state index in [1.165, 1.54) is 0 Å². The first-order chi connectivity index (χ1) is 8.69. The third-order valence-electron chi connectivity index (χ3n) is 3.90. The Kier molecular flexibility index (Phi) is 5.35. The van der Waals surface area contributed by atoms with Crippen LogP contribution in [0.2, 0.25) is 0 Å². The van der Waals surface area contributed by atoms with Crippen LogP contribution in [0.15, 0.2) is 0 Å². The third-order valence-corrected chi connectivity index (χ3v) is 3.90. The molecule has 0 radical (unpaired) electrons. The summed E-state index contributed by atoms with van der Waals surface area (Å²) in [6.07, 6.45) is 0. The van der Waals surface area contributed by atoms with Gasteiger partial charge in [-0.25, -0.2) is 0 Å². The second-order valence-corrected chi connectivity index (χ2v) is 6.60. The van der Waals surface area contributed by atoms with Crippen molar-refractivity contribution in [1.29, 1.82) is 0 Å². The van der Waals surface area contributed by atoms with Crippen molar-refractivity contribution in [3.63, 3.8) is 0 Å². The molecule has 0 aliphatic carbocycles. The molecular weight excluding hydrogens is 242 g/mol. The quantitative estimate of drug-likeness (QED) is 0.776. The van der Waals surface area contributed by atoms with Gasteiger partial charge in [-0.15, -0.1) is 0 Å². The fraction of sp³-hybridized carbons (Fsp3) is 0.929. The molecule has 0 bridgehead atoms. The summed E-state index contributed by atoms with van der Waals surface area (Å²) in [5.74, 6) is -0.771. The molecule has 1 fully saturated rings. The van der Waals surface area contributed by atoms with Crippen LogP contribution in [0.1, 0.15) is 34.6 Å². The Morgan fingerprint density at radius 2 is 1.68 bits per heavy atom. The number of hydrogen-bond donors (Lipinski definition) is 2. The van der Waals surface area contributed by atoms with Crippen LogP contribution in [0.3, 0.4) is 0 Å². The predicted molar refractivity (Wildman–Crippen MR) is 77.5 cm³/mol. The van der Waals surface area contributed by atoms with Crippen molar-refractivity contribution in [2.75, 3.05) is 39.3 Å². The maximum absolute atomic E-state index is 11.4. The molecule has 5 heteroatoms. The molecule has 0 saturated carbocycles. The predicted octanol–water partition coefficient (Wildman–Crippen LogP) is 0.855. The summed E-state index contributed by atoms with van der Waals surface area (Å²) in [5, 5.41) is 12.5. The first kappa shape index (κ1) is 16.4. The van der Waals surface area contributed by atoms with Gasteiger partial charge in [0.15, 0.2) is 0 Å². The molecule has 0 aromatic heterocycles. The van der Waals surface area contributed by atoms with Gasteiger partial charge in [-0.2, -0.15) is 0 Å².